The van der Waals surface area contributed by atoms with E-state index in [-0.39, 0.29) is 18.4 Å². The molecule has 0 aliphatic heterocycles. The van der Waals surface area contributed by atoms with E-state index >= 15 is 0 Å². The van der Waals surface area contributed by atoms with Crippen molar-refractivity contribution in [2.24, 2.45) is 5.92 Å². The van der Waals surface area contributed by atoms with E-state index in [9.17, 15) is 13.2 Å². The standard InChI is InChI=1S/C13H18ClNO4S/c1-9(2)13(16)15-7-11(8-20(17,18)19)10-3-5-12(14)6-4-10/h3-6,9,11H,7-8H2,1-2H3,(H,15,16)(H,17,18,19). The summed E-state index contributed by atoms with van der Waals surface area (Å²) in [5.41, 5.74) is 0.691. The highest BCUT2D eigenvalue weighted by Crippen LogP contribution is 2.19. The predicted molar refractivity (Wildman–Crippen MR) is 78.5 cm³/mol. The summed E-state index contributed by atoms with van der Waals surface area (Å²) in [6, 6.07) is 6.63. The van der Waals surface area contributed by atoms with Crippen molar-refractivity contribution < 1.29 is 17.8 Å². The van der Waals surface area contributed by atoms with E-state index < -0.39 is 21.8 Å². The van der Waals surface area contributed by atoms with E-state index in [0.29, 0.717) is 10.6 Å². The van der Waals surface area contributed by atoms with Crippen LogP contribution in [0.4, 0.5) is 0 Å². The Bertz CT molecular complexity index is 554. The molecule has 0 fully saturated rings. The van der Waals surface area contributed by atoms with Crippen LogP contribution >= 0.6 is 11.6 Å². The van der Waals surface area contributed by atoms with Gasteiger partial charge in [0.25, 0.3) is 10.1 Å². The Morgan fingerprint density at radius 3 is 2.30 bits per heavy atom. The summed E-state index contributed by atoms with van der Waals surface area (Å²) in [5.74, 6) is -1.33. The highest BCUT2D eigenvalue weighted by atomic mass is 35.5. The number of nitrogens with one attached hydrogen (secondary N) is 1. The van der Waals surface area contributed by atoms with Gasteiger partial charge in [-0.2, -0.15) is 8.42 Å². The number of benzene rings is 1. The van der Waals surface area contributed by atoms with Gasteiger partial charge in [-0.3, -0.25) is 9.35 Å². The van der Waals surface area contributed by atoms with E-state index in [1.54, 1.807) is 38.1 Å². The van der Waals surface area contributed by atoms with Crippen LogP contribution in [0.1, 0.15) is 25.3 Å². The molecule has 20 heavy (non-hydrogen) atoms. The molecule has 7 heteroatoms. The number of halogens is 1. The van der Waals surface area contributed by atoms with Crippen LogP contribution in [0.5, 0.6) is 0 Å². The molecule has 0 radical (unpaired) electrons. The molecule has 0 aromatic heterocycles. The molecule has 2 N–H and O–H groups in total. The fourth-order valence-electron chi connectivity index (χ4n) is 1.69. The van der Waals surface area contributed by atoms with Gasteiger partial charge in [-0.1, -0.05) is 37.6 Å². The molecule has 0 aliphatic carbocycles. The van der Waals surface area contributed by atoms with Crippen molar-refractivity contribution in [2.75, 3.05) is 12.3 Å². The second-order valence-electron chi connectivity index (χ2n) is 4.90. The first kappa shape index (κ1) is 16.9. The zero-order valence-electron chi connectivity index (χ0n) is 11.3. The smallest absolute Gasteiger partial charge is 0.265 e. The van der Waals surface area contributed by atoms with Crippen LogP contribution in [-0.2, 0) is 14.9 Å². The number of hydrogen-bond donors (Lipinski definition) is 2. The number of carbonyl (C=O) groups is 1. The molecule has 1 unspecified atom stereocenters. The average Bonchev–Trinajstić information content (AvgIpc) is 2.33. The molecule has 1 amide bonds. The van der Waals surface area contributed by atoms with Crippen LogP contribution < -0.4 is 5.32 Å². The molecule has 1 rings (SSSR count). The van der Waals surface area contributed by atoms with E-state index in [0.717, 1.165) is 0 Å². The summed E-state index contributed by atoms with van der Waals surface area (Å²) in [5, 5.41) is 3.20. The predicted octanol–water partition coefficient (Wildman–Crippen LogP) is 2.08. The van der Waals surface area contributed by atoms with Crippen molar-refractivity contribution in [2.45, 2.75) is 19.8 Å². The molecule has 112 valence electrons. The molecule has 0 spiro atoms. The minimum Gasteiger partial charge on any atom is -0.355 e. The quantitative estimate of drug-likeness (QED) is 0.786. The lowest BCUT2D eigenvalue weighted by atomic mass is 10.0. The number of rotatable bonds is 6. The van der Waals surface area contributed by atoms with E-state index in [1.807, 2.05) is 0 Å². The third-order valence-corrected chi connectivity index (χ3v) is 3.88. The Hall–Kier alpha value is -1.11. The molecule has 1 atom stereocenters. The van der Waals surface area contributed by atoms with Crippen LogP contribution in [0.3, 0.4) is 0 Å². The Morgan fingerprint density at radius 2 is 1.85 bits per heavy atom. The highest BCUT2D eigenvalue weighted by Gasteiger charge is 2.20. The molecule has 1 aromatic carbocycles. The van der Waals surface area contributed by atoms with Gasteiger partial charge in [0.05, 0.1) is 5.75 Å². The van der Waals surface area contributed by atoms with E-state index in [2.05, 4.69) is 5.32 Å². The monoisotopic (exact) mass is 319 g/mol. The van der Waals surface area contributed by atoms with Crippen molar-refractivity contribution in [1.82, 2.24) is 5.32 Å². The maximum Gasteiger partial charge on any atom is 0.265 e. The lowest BCUT2D eigenvalue weighted by Crippen LogP contribution is -2.33. The van der Waals surface area contributed by atoms with Gasteiger partial charge in [0.1, 0.15) is 0 Å². The van der Waals surface area contributed by atoms with Crippen molar-refractivity contribution in [3.8, 4) is 0 Å². The molecule has 0 heterocycles. The van der Waals surface area contributed by atoms with Crippen LogP contribution in [0.15, 0.2) is 24.3 Å². The van der Waals surface area contributed by atoms with Gasteiger partial charge in [0.15, 0.2) is 0 Å². The molecule has 0 aliphatic rings. The van der Waals surface area contributed by atoms with Crippen molar-refractivity contribution in [3.05, 3.63) is 34.9 Å². The Balaban J connectivity index is 2.85. The minimum absolute atomic E-state index is 0.137. The van der Waals surface area contributed by atoms with Crippen molar-refractivity contribution in [3.63, 3.8) is 0 Å². The first-order valence-electron chi connectivity index (χ1n) is 6.17. The van der Waals surface area contributed by atoms with Crippen LogP contribution in [0.2, 0.25) is 5.02 Å². The Kier molecular flexibility index (Phi) is 5.98. The molecule has 0 bridgehead atoms. The normalized spacial score (nSPS) is 13.2. The summed E-state index contributed by atoms with van der Waals surface area (Å²) in [4.78, 5) is 11.6. The maximum absolute atomic E-state index is 11.6. The van der Waals surface area contributed by atoms with Gasteiger partial charge in [0, 0.05) is 23.4 Å². The third kappa shape index (κ3) is 5.90. The molecule has 5 nitrogen and oxygen atoms in total. The SMILES string of the molecule is CC(C)C(=O)NCC(CS(=O)(=O)O)c1ccc(Cl)cc1. The van der Waals surface area contributed by atoms with Gasteiger partial charge in [0.2, 0.25) is 5.91 Å². The molecule has 1 aromatic rings. The van der Waals surface area contributed by atoms with Crippen molar-refractivity contribution >= 4 is 27.6 Å². The fourth-order valence-corrected chi connectivity index (χ4v) is 2.63. The minimum atomic E-state index is -4.13. The van der Waals surface area contributed by atoms with Crippen molar-refractivity contribution in [1.29, 1.82) is 0 Å². The molecular weight excluding hydrogens is 302 g/mol. The summed E-state index contributed by atoms with van der Waals surface area (Å²) >= 11 is 5.78. The largest absolute Gasteiger partial charge is 0.355 e. The zero-order chi connectivity index (χ0) is 15.3. The maximum atomic E-state index is 11.6. The number of amides is 1. The second kappa shape index (κ2) is 7.06. The van der Waals surface area contributed by atoms with Gasteiger partial charge in [-0.15, -0.1) is 0 Å². The number of carbonyl (C=O) groups excluding carboxylic acids is 1. The zero-order valence-corrected chi connectivity index (χ0v) is 12.9. The fraction of sp³-hybridized carbons (Fsp3) is 0.462. The Labute approximate surface area is 124 Å². The summed E-state index contributed by atoms with van der Waals surface area (Å²) in [6.07, 6.45) is 0. The first-order valence-corrected chi connectivity index (χ1v) is 8.16. The topological polar surface area (TPSA) is 83.5 Å². The lowest BCUT2D eigenvalue weighted by molar-refractivity contribution is -0.124. The van der Waals surface area contributed by atoms with Crippen LogP contribution in [0, 0.1) is 5.92 Å². The second-order valence-corrected chi connectivity index (χ2v) is 6.83. The van der Waals surface area contributed by atoms with Crippen LogP contribution in [-0.4, -0.2) is 31.2 Å². The first-order chi connectivity index (χ1) is 9.19. The number of hydrogen-bond acceptors (Lipinski definition) is 3. The molecule has 0 saturated heterocycles. The van der Waals surface area contributed by atoms with Gasteiger partial charge in [-0.25, -0.2) is 0 Å². The summed E-state index contributed by atoms with van der Waals surface area (Å²) in [7, 11) is -4.13. The molecular formula is C13H18ClNO4S. The summed E-state index contributed by atoms with van der Waals surface area (Å²) in [6.45, 7) is 3.63. The molecule has 0 saturated carbocycles. The van der Waals surface area contributed by atoms with E-state index in [4.69, 9.17) is 16.2 Å². The third-order valence-electron chi connectivity index (χ3n) is 2.80. The summed E-state index contributed by atoms with van der Waals surface area (Å²) < 4.78 is 31.2. The van der Waals surface area contributed by atoms with E-state index in [1.165, 1.54) is 0 Å². The van der Waals surface area contributed by atoms with Gasteiger partial charge >= 0.3 is 0 Å². The van der Waals surface area contributed by atoms with Gasteiger partial charge in [-0.05, 0) is 17.7 Å². The Morgan fingerprint density at radius 1 is 1.30 bits per heavy atom. The lowest BCUT2D eigenvalue weighted by Gasteiger charge is -2.17. The highest BCUT2D eigenvalue weighted by molar-refractivity contribution is 7.85. The van der Waals surface area contributed by atoms with Gasteiger partial charge < -0.3 is 5.32 Å². The van der Waals surface area contributed by atoms with Crippen LogP contribution in [0.25, 0.3) is 0 Å². The average molecular weight is 320 g/mol.